The van der Waals surface area contributed by atoms with Crippen molar-refractivity contribution in [3.05, 3.63) is 35.4 Å². The number of aryl methyl sites for hydroxylation is 1. The topological polar surface area (TPSA) is 34.1 Å². The lowest BCUT2D eigenvalue weighted by Gasteiger charge is -2.05. The second-order valence-corrected chi connectivity index (χ2v) is 9.41. The van der Waals surface area contributed by atoms with Crippen molar-refractivity contribution >= 4 is 41.7 Å². The Labute approximate surface area is 101 Å². The van der Waals surface area contributed by atoms with Gasteiger partial charge in [-0.3, -0.25) is 0 Å². The van der Waals surface area contributed by atoms with Crippen molar-refractivity contribution < 1.29 is 8.42 Å². The van der Waals surface area contributed by atoms with Gasteiger partial charge in [-0.25, -0.2) is 8.42 Å². The van der Waals surface area contributed by atoms with Crippen LogP contribution in [-0.4, -0.2) is 11.5 Å². The number of hydrogen-bond acceptors (Lipinski definition) is 2. The quantitative estimate of drug-likeness (QED) is 0.792. The van der Waals surface area contributed by atoms with E-state index < -0.39 is 12.9 Å². The third-order valence-electron chi connectivity index (χ3n) is 1.76. The highest BCUT2D eigenvalue weighted by Gasteiger charge is 2.19. The van der Waals surface area contributed by atoms with Crippen LogP contribution in [0.25, 0.3) is 0 Å². The highest BCUT2D eigenvalue weighted by molar-refractivity contribution is 9.27. The maximum atomic E-state index is 11.5. The summed E-state index contributed by atoms with van der Waals surface area (Å²) in [5, 5.41) is 0. The van der Waals surface area contributed by atoms with Crippen LogP contribution in [0.5, 0.6) is 0 Å². The van der Waals surface area contributed by atoms with E-state index in [0.717, 1.165) is 11.1 Å². The number of halogens is 2. The normalized spacial score (nSPS) is 12.0. The molecule has 0 unspecified atom stereocenters. The largest absolute Gasteiger partial charge is 0.226 e. The second-order valence-electron chi connectivity index (χ2n) is 3.05. The van der Waals surface area contributed by atoms with Gasteiger partial charge >= 0.3 is 0 Å². The Morgan fingerprint density at radius 2 is 1.71 bits per heavy atom. The molecule has 0 radical (unpaired) electrons. The van der Waals surface area contributed by atoms with E-state index in [1.54, 1.807) is 0 Å². The van der Waals surface area contributed by atoms with Crippen LogP contribution in [0.2, 0.25) is 0 Å². The van der Waals surface area contributed by atoms with E-state index in [9.17, 15) is 8.42 Å². The average molecular weight is 342 g/mol. The van der Waals surface area contributed by atoms with Crippen molar-refractivity contribution in [3.63, 3.8) is 0 Å². The molecule has 0 aliphatic heterocycles. The minimum atomic E-state index is -3.13. The van der Waals surface area contributed by atoms with E-state index in [4.69, 9.17) is 0 Å². The zero-order chi connectivity index (χ0) is 10.8. The first-order valence-corrected chi connectivity index (χ1v) is 7.52. The summed E-state index contributed by atoms with van der Waals surface area (Å²) in [6, 6.07) is 7.47. The van der Waals surface area contributed by atoms with Gasteiger partial charge in [0.25, 0.3) is 0 Å². The Morgan fingerprint density at radius 1 is 1.21 bits per heavy atom. The number of alkyl halides is 2. The van der Waals surface area contributed by atoms with Crippen LogP contribution in [0.4, 0.5) is 0 Å². The third-order valence-corrected chi connectivity index (χ3v) is 6.46. The van der Waals surface area contributed by atoms with E-state index in [1.807, 2.05) is 31.2 Å². The lowest BCUT2D eigenvalue weighted by Crippen LogP contribution is -2.10. The highest BCUT2D eigenvalue weighted by atomic mass is 79.9. The summed E-state index contributed by atoms with van der Waals surface area (Å²) in [6.07, 6.45) is 0. The molecule has 0 bridgehead atoms. The number of hydrogen-bond donors (Lipinski definition) is 0. The summed E-state index contributed by atoms with van der Waals surface area (Å²) in [4.78, 5) is 0. The predicted octanol–water partition coefficient (Wildman–Crippen LogP) is 2.98. The van der Waals surface area contributed by atoms with E-state index in [2.05, 4.69) is 31.9 Å². The molecule has 0 atom stereocenters. The molecule has 0 saturated heterocycles. The summed E-state index contributed by atoms with van der Waals surface area (Å²) >= 11 is 5.99. The molecule has 5 heteroatoms. The lowest BCUT2D eigenvalue weighted by atomic mass is 10.2. The Balaban J connectivity index is 2.85. The first-order valence-electron chi connectivity index (χ1n) is 3.97. The van der Waals surface area contributed by atoms with Crippen molar-refractivity contribution in [2.75, 3.05) is 0 Å². The van der Waals surface area contributed by atoms with Gasteiger partial charge in [0, 0.05) is 0 Å². The zero-order valence-corrected chi connectivity index (χ0v) is 11.6. The molecule has 0 saturated carbocycles. The third kappa shape index (κ3) is 3.37. The maximum Gasteiger partial charge on any atom is 0.177 e. The molecular formula is C9H10Br2O2S. The summed E-state index contributed by atoms with van der Waals surface area (Å²) < 4.78 is 22.3. The fourth-order valence-electron chi connectivity index (χ4n) is 0.980. The maximum absolute atomic E-state index is 11.5. The molecule has 0 spiro atoms. The van der Waals surface area contributed by atoms with Crippen molar-refractivity contribution in [1.82, 2.24) is 0 Å². The van der Waals surface area contributed by atoms with Crippen LogP contribution in [0.3, 0.4) is 0 Å². The van der Waals surface area contributed by atoms with Crippen molar-refractivity contribution in [2.24, 2.45) is 0 Å². The van der Waals surface area contributed by atoms with Crippen molar-refractivity contribution in [2.45, 2.75) is 15.7 Å². The summed E-state index contributed by atoms with van der Waals surface area (Å²) in [5.41, 5.74) is 1.93. The Hall–Kier alpha value is 0.130. The fourth-order valence-corrected chi connectivity index (χ4v) is 2.56. The second kappa shape index (κ2) is 4.77. The Bertz CT molecular complexity index is 395. The molecule has 1 aromatic carbocycles. The van der Waals surface area contributed by atoms with Gasteiger partial charge in [-0.15, -0.1) is 0 Å². The smallest absolute Gasteiger partial charge is 0.177 e. The molecule has 1 aromatic rings. The van der Waals surface area contributed by atoms with Gasteiger partial charge in [-0.1, -0.05) is 61.7 Å². The molecule has 0 aliphatic rings. The molecule has 0 aromatic heterocycles. The predicted molar refractivity (Wildman–Crippen MR) is 65.4 cm³/mol. The number of benzene rings is 1. The first-order chi connectivity index (χ1) is 6.42. The monoisotopic (exact) mass is 340 g/mol. The molecule has 1 rings (SSSR count). The molecule has 78 valence electrons. The Morgan fingerprint density at radius 3 is 2.14 bits per heavy atom. The fraction of sp³-hybridized carbons (Fsp3) is 0.333. The van der Waals surface area contributed by atoms with Gasteiger partial charge < -0.3 is 0 Å². The van der Waals surface area contributed by atoms with Gasteiger partial charge in [0.1, 0.15) is 0 Å². The Kier molecular flexibility index (Phi) is 4.15. The molecule has 14 heavy (non-hydrogen) atoms. The molecule has 0 fully saturated rings. The number of rotatable bonds is 3. The van der Waals surface area contributed by atoms with Gasteiger partial charge in [0.05, 0.1) is 5.75 Å². The van der Waals surface area contributed by atoms with Gasteiger partial charge in [0.15, 0.2) is 12.9 Å². The summed E-state index contributed by atoms with van der Waals surface area (Å²) in [7, 11) is -3.13. The lowest BCUT2D eigenvalue weighted by molar-refractivity contribution is 0.599. The van der Waals surface area contributed by atoms with E-state index in [-0.39, 0.29) is 5.75 Å². The minimum absolute atomic E-state index is 0.0500. The summed E-state index contributed by atoms with van der Waals surface area (Å²) in [6.45, 7) is 1.97. The average Bonchev–Trinajstić information content (AvgIpc) is 2.08. The van der Waals surface area contributed by atoms with Gasteiger partial charge in [0.2, 0.25) is 0 Å². The number of sulfone groups is 1. The van der Waals surface area contributed by atoms with Crippen molar-refractivity contribution in [1.29, 1.82) is 0 Å². The summed E-state index contributed by atoms with van der Waals surface area (Å²) in [5.74, 6) is 0.0500. The van der Waals surface area contributed by atoms with Crippen molar-refractivity contribution in [3.8, 4) is 0 Å². The van der Waals surface area contributed by atoms with Gasteiger partial charge in [-0.2, -0.15) is 0 Å². The zero-order valence-electron chi connectivity index (χ0n) is 7.57. The van der Waals surface area contributed by atoms with Crippen LogP contribution in [-0.2, 0) is 15.6 Å². The molecule has 0 N–H and O–H groups in total. The van der Waals surface area contributed by atoms with Crippen LogP contribution in [0, 0.1) is 6.92 Å². The van der Waals surface area contributed by atoms with Crippen LogP contribution in [0.15, 0.2) is 24.3 Å². The van der Waals surface area contributed by atoms with Crippen LogP contribution < -0.4 is 0 Å². The SMILES string of the molecule is Cc1ccc(CS(=O)(=O)C(Br)Br)cc1. The van der Waals surface area contributed by atoms with E-state index in [1.165, 1.54) is 0 Å². The van der Waals surface area contributed by atoms with E-state index >= 15 is 0 Å². The van der Waals surface area contributed by atoms with Crippen LogP contribution in [0.1, 0.15) is 11.1 Å². The first kappa shape index (κ1) is 12.2. The molecule has 0 aliphatic carbocycles. The van der Waals surface area contributed by atoms with E-state index in [0.29, 0.717) is 0 Å². The van der Waals surface area contributed by atoms with Crippen LogP contribution >= 0.6 is 31.9 Å². The minimum Gasteiger partial charge on any atom is -0.226 e. The molecule has 0 heterocycles. The molecule has 0 amide bonds. The molecular weight excluding hydrogens is 332 g/mol. The highest BCUT2D eigenvalue weighted by Crippen LogP contribution is 2.20. The van der Waals surface area contributed by atoms with Gasteiger partial charge in [-0.05, 0) is 12.5 Å². The molecule has 2 nitrogen and oxygen atoms in total. The standard InChI is InChI=1S/C9H10Br2O2S/c1-7-2-4-8(5-3-7)6-14(12,13)9(10)11/h2-5,9H,6H2,1H3.